The zero-order valence-electron chi connectivity index (χ0n) is 11.8. The molecule has 114 valence electrons. The molecule has 0 aliphatic rings. The lowest BCUT2D eigenvalue weighted by Gasteiger charge is -2.09. The van der Waals surface area contributed by atoms with Crippen LogP contribution in [0.3, 0.4) is 0 Å². The molecule has 0 radical (unpaired) electrons. The van der Waals surface area contributed by atoms with E-state index in [1.54, 1.807) is 6.07 Å². The van der Waals surface area contributed by atoms with Crippen LogP contribution < -0.4 is 5.32 Å². The molecule has 0 heterocycles. The van der Waals surface area contributed by atoms with Crippen LogP contribution in [0.25, 0.3) is 10.8 Å². The number of carbonyl (C=O) groups is 1. The summed E-state index contributed by atoms with van der Waals surface area (Å²) in [7, 11) is 0. The van der Waals surface area contributed by atoms with Gasteiger partial charge in [-0.2, -0.15) is 0 Å². The van der Waals surface area contributed by atoms with Crippen molar-refractivity contribution in [1.29, 1.82) is 0 Å². The zero-order valence-corrected chi connectivity index (χ0v) is 12.6. The molecule has 3 rings (SSSR count). The lowest BCUT2D eigenvalue weighted by molar-refractivity contribution is -0.384. The monoisotopic (exact) mass is 326 g/mol. The highest BCUT2D eigenvalue weighted by Gasteiger charge is 2.16. The zero-order chi connectivity index (χ0) is 16.4. The first kappa shape index (κ1) is 15.0. The van der Waals surface area contributed by atoms with E-state index in [-0.39, 0.29) is 16.3 Å². The second kappa shape index (κ2) is 6.06. The van der Waals surface area contributed by atoms with Crippen LogP contribution in [0.1, 0.15) is 10.4 Å². The number of rotatable bonds is 3. The minimum atomic E-state index is -0.564. The van der Waals surface area contributed by atoms with Crippen molar-refractivity contribution < 1.29 is 9.72 Å². The smallest absolute Gasteiger partial charge is 0.270 e. The summed E-state index contributed by atoms with van der Waals surface area (Å²) in [5.41, 5.74) is 0.502. The third-order valence-electron chi connectivity index (χ3n) is 3.44. The maximum Gasteiger partial charge on any atom is 0.270 e. The number of fused-ring (bicyclic) bond motifs is 1. The predicted molar refractivity (Wildman–Crippen MR) is 90.0 cm³/mol. The first-order chi connectivity index (χ1) is 11.1. The van der Waals surface area contributed by atoms with E-state index >= 15 is 0 Å². The van der Waals surface area contributed by atoms with Gasteiger partial charge in [-0.15, -0.1) is 0 Å². The number of halogens is 1. The maximum absolute atomic E-state index is 12.4. The molecular formula is C17H11ClN2O3. The lowest BCUT2D eigenvalue weighted by atomic mass is 10.1. The normalized spacial score (nSPS) is 10.5. The van der Waals surface area contributed by atoms with Gasteiger partial charge in [0.15, 0.2) is 0 Å². The van der Waals surface area contributed by atoms with Crippen LogP contribution in [-0.4, -0.2) is 10.8 Å². The average Bonchev–Trinajstić information content (AvgIpc) is 2.55. The van der Waals surface area contributed by atoms with Crippen LogP contribution in [0.15, 0.2) is 60.7 Å². The van der Waals surface area contributed by atoms with Gasteiger partial charge in [0.05, 0.1) is 15.5 Å². The standard InChI is InChI=1S/C17H11ClN2O3/c18-15-9-8-12(20(22)23)10-14(15)17(21)19-16-7-3-5-11-4-1-2-6-13(11)16/h1-10H,(H,19,21). The Labute approximate surface area is 136 Å². The summed E-state index contributed by atoms with van der Waals surface area (Å²) in [6.07, 6.45) is 0. The highest BCUT2D eigenvalue weighted by atomic mass is 35.5. The highest BCUT2D eigenvalue weighted by Crippen LogP contribution is 2.26. The number of nitrogens with one attached hydrogen (secondary N) is 1. The fourth-order valence-electron chi connectivity index (χ4n) is 2.32. The molecular weight excluding hydrogens is 316 g/mol. The molecule has 5 nitrogen and oxygen atoms in total. The second-order valence-electron chi connectivity index (χ2n) is 4.90. The number of amides is 1. The van der Waals surface area contributed by atoms with E-state index in [0.717, 1.165) is 10.8 Å². The third kappa shape index (κ3) is 3.00. The number of nitrogens with zero attached hydrogens (tertiary/aromatic N) is 1. The minimum Gasteiger partial charge on any atom is -0.321 e. The van der Waals surface area contributed by atoms with Gasteiger partial charge in [-0.3, -0.25) is 14.9 Å². The fraction of sp³-hybridized carbons (Fsp3) is 0. The van der Waals surface area contributed by atoms with Crippen LogP contribution in [0.2, 0.25) is 5.02 Å². The molecule has 0 aliphatic carbocycles. The molecule has 0 saturated heterocycles. The van der Waals surface area contributed by atoms with Gasteiger partial charge in [-0.25, -0.2) is 0 Å². The summed E-state index contributed by atoms with van der Waals surface area (Å²) in [6.45, 7) is 0. The SMILES string of the molecule is O=C(Nc1cccc2ccccc12)c1cc([N+](=O)[O-])ccc1Cl. The van der Waals surface area contributed by atoms with Crippen molar-refractivity contribution in [2.75, 3.05) is 5.32 Å². The number of anilines is 1. The van der Waals surface area contributed by atoms with E-state index in [1.807, 2.05) is 36.4 Å². The molecule has 0 unspecified atom stereocenters. The Bertz CT molecular complexity index is 919. The molecule has 0 spiro atoms. The molecule has 0 aliphatic heterocycles. The number of nitro benzene ring substituents is 1. The first-order valence-corrected chi connectivity index (χ1v) is 7.17. The molecule has 0 fully saturated rings. The molecule has 0 bridgehead atoms. The van der Waals surface area contributed by atoms with Crippen LogP contribution in [-0.2, 0) is 0 Å². The number of benzene rings is 3. The Morgan fingerprint density at radius 2 is 1.78 bits per heavy atom. The molecule has 0 atom stereocenters. The van der Waals surface area contributed by atoms with Gasteiger partial charge in [0, 0.05) is 23.2 Å². The predicted octanol–water partition coefficient (Wildman–Crippen LogP) is 4.65. The van der Waals surface area contributed by atoms with Gasteiger partial charge < -0.3 is 5.32 Å². The van der Waals surface area contributed by atoms with Gasteiger partial charge in [-0.1, -0.05) is 48.0 Å². The molecule has 1 amide bonds. The van der Waals surface area contributed by atoms with Crippen molar-refractivity contribution in [2.24, 2.45) is 0 Å². The highest BCUT2D eigenvalue weighted by molar-refractivity contribution is 6.34. The fourth-order valence-corrected chi connectivity index (χ4v) is 2.53. The molecule has 23 heavy (non-hydrogen) atoms. The van der Waals surface area contributed by atoms with Gasteiger partial charge >= 0.3 is 0 Å². The molecule has 1 N–H and O–H groups in total. The van der Waals surface area contributed by atoms with Crippen molar-refractivity contribution in [3.05, 3.63) is 81.4 Å². The van der Waals surface area contributed by atoms with Crippen LogP contribution in [0, 0.1) is 10.1 Å². The molecule has 0 aromatic heterocycles. The second-order valence-corrected chi connectivity index (χ2v) is 5.31. The minimum absolute atomic E-state index is 0.0637. The van der Waals surface area contributed by atoms with Crippen molar-refractivity contribution >= 4 is 39.7 Å². The third-order valence-corrected chi connectivity index (χ3v) is 3.77. The van der Waals surface area contributed by atoms with Gasteiger partial charge in [0.2, 0.25) is 0 Å². The average molecular weight is 327 g/mol. The number of hydrogen-bond donors (Lipinski definition) is 1. The quantitative estimate of drug-likeness (QED) is 0.562. The Hall–Kier alpha value is -2.92. The van der Waals surface area contributed by atoms with E-state index in [4.69, 9.17) is 11.6 Å². The number of hydrogen-bond acceptors (Lipinski definition) is 3. The number of non-ortho nitro benzene ring substituents is 1. The summed E-state index contributed by atoms with van der Waals surface area (Å²) in [5, 5.41) is 15.6. The molecule has 6 heteroatoms. The van der Waals surface area contributed by atoms with E-state index < -0.39 is 10.8 Å². The summed E-state index contributed by atoms with van der Waals surface area (Å²) < 4.78 is 0. The van der Waals surface area contributed by atoms with Gasteiger partial charge in [0.25, 0.3) is 11.6 Å². The topological polar surface area (TPSA) is 72.2 Å². The van der Waals surface area contributed by atoms with E-state index in [0.29, 0.717) is 5.69 Å². The Balaban J connectivity index is 1.98. The Morgan fingerprint density at radius 1 is 1.04 bits per heavy atom. The van der Waals surface area contributed by atoms with Crippen molar-refractivity contribution in [2.45, 2.75) is 0 Å². The molecule has 3 aromatic rings. The maximum atomic E-state index is 12.4. The van der Waals surface area contributed by atoms with Crippen molar-refractivity contribution in [3.8, 4) is 0 Å². The molecule has 3 aromatic carbocycles. The van der Waals surface area contributed by atoms with Crippen molar-refractivity contribution in [3.63, 3.8) is 0 Å². The first-order valence-electron chi connectivity index (χ1n) is 6.79. The van der Waals surface area contributed by atoms with Gasteiger partial charge in [0.1, 0.15) is 0 Å². The number of carbonyl (C=O) groups excluding carboxylic acids is 1. The van der Waals surface area contributed by atoms with E-state index in [1.165, 1.54) is 18.2 Å². The number of nitro groups is 1. The Morgan fingerprint density at radius 3 is 2.57 bits per heavy atom. The van der Waals surface area contributed by atoms with Crippen LogP contribution in [0.5, 0.6) is 0 Å². The van der Waals surface area contributed by atoms with E-state index in [2.05, 4.69) is 5.32 Å². The lowest BCUT2D eigenvalue weighted by Crippen LogP contribution is -2.13. The summed E-state index contributed by atoms with van der Waals surface area (Å²) in [4.78, 5) is 22.7. The van der Waals surface area contributed by atoms with Crippen molar-refractivity contribution in [1.82, 2.24) is 0 Å². The van der Waals surface area contributed by atoms with Gasteiger partial charge in [-0.05, 0) is 17.5 Å². The summed E-state index contributed by atoms with van der Waals surface area (Å²) >= 11 is 6.00. The largest absolute Gasteiger partial charge is 0.321 e. The summed E-state index contributed by atoms with van der Waals surface area (Å²) in [5.74, 6) is -0.491. The van der Waals surface area contributed by atoms with Crippen LogP contribution >= 0.6 is 11.6 Å². The van der Waals surface area contributed by atoms with E-state index in [9.17, 15) is 14.9 Å². The summed E-state index contributed by atoms with van der Waals surface area (Å²) in [6, 6.07) is 16.9. The Kier molecular flexibility index (Phi) is 3.95. The molecule has 0 saturated carbocycles. The van der Waals surface area contributed by atoms with Crippen LogP contribution in [0.4, 0.5) is 11.4 Å².